The van der Waals surface area contributed by atoms with Gasteiger partial charge in [-0.15, -0.1) is 15.1 Å². The number of rotatable bonds is 3. The van der Waals surface area contributed by atoms with Crippen molar-refractivity contribution in [2.45, 2.75) is 0 Å². The van der Waals surface area contributed by atoms with E-state index in [4.69, 9.17) is 21.7 Å². The minimum atomic E-state index is -1.09. The average molecular weight is 127 g/mol. The van der Waals surface area contributed by atoms with Crippen molar-refractivity contribution in [1.82, 2.24) is 0 Å². The van der Waals surface area contributed by atoms with Gasteiger partial charge >= 0.3 is 5.09 Å². The van der Waals surface area contributed by atoms with Crippen LogP contribution in [0.4, 0.5) is 0 Å². The molecule has 0 aromatic rings. The van der Waals surface area contributed by atoms with E-state index in [1.807, 2.05) is 0 Å². The Bertz CT molecular complexity index is 64.7. The molecule has 0 aliphatic rings. The average Bonchev–Trinajstić information content (AvgIpc) is 1.61. The van der Waals surface area contributed by atoms with Crippen LogP contribution in [0, 0.1) is 10.1 Å². The van der Waals surface area contributed by atoms with Crippen molar-refractivity contribution >= 4 is 11.6 Å². The molecule has 42 valence electrons. The zero-order valence-corrected chi connectivity index (χ0v) is 3.92. The lowest BCUT2D eigenvalue weighted by Crippen LogP contribution is -1.99. The van der Waals surface area contributed by atoms with Crippen LogP contribution in [-0.2, 0) is 9.88 Å². The summed E-state index contributed by atoms with van der Waals surface area (Å²) in [4.78, 5) is 16.1. The maximum Gasteiger partial charge on any atom is 0.322 e. The summed E-state index contributed by atoms with van der Waals surface area (Å²) in [6.07, 6.45) is 0. The first-order chi connectivity index (χ1) is 3.27. The quantitative estimate of drug-likeness (QED) is 0.237. The molecular weight excluding hydrogens is 125 g/mol. The van der Waals surface area contributed by atoms with Gasteiger partial charge in [-0.25, -0.2) is 0 Å². The first-order valence-corrected chi connectivity index (χ1v) is 1.80. The topological polar surface area (TPSA) is 61.6 Å². The highest BCUT2D eigenvalue weighted by Gasteiger charge is 1.89. The van der Waals surface area contributed by atoms with E-state index in [2.05, 4.69) is 9.88 Å². The van der Waals surface area contributed by atoms with Gasteiger partial charge in [0.05, 0.1) is 0 Å². The Hall–Kier alpha value is -0.550. The summed E-state index contributed by atoms with van der Waals surface area (Å²) in [5.74, 6) is 0. The smallest absolute Gasteiger partial charge is 0.182 e. The first kappa shape index (κ1) is 6.45. The Balaban J connectivity index is 2.82. The van der Waals surface area contributed by atoms with E-state index in [-0.39, 0.29) is 6.07 Å². The molecule has 0 unspecified atom stereocenters. The van der Waals surface area contributed by atoms with Gasteiger partial charge in [0.2, 0.25) is 0 Å². The Morgan fingerprint density at radius 1 is 1.86 bits per heavy atom. The first-order valence-electron chi connectivity index (χ1n) is 1.27. The molecule has 0 heterocycles. The van der Waals surface area contributed by atoms with Crippen LogP contribution in [0.15, 0.2) is 0 Å². The van der Waals surface area contributed by atoms with Crippen molar-refractivity contribution in [3.8, 4) is 0 Å². The van der Waals surface area contributed by atoms with E-state index < -0.39 is 5.09 Å². The summed E-state index contributed by atoms with van der Waals surface area (Å²) >= 11 is 4.79. The van der Waals surface area contributed by atoms with Crippen LogP contribution in [0.1, 0.15) is 0 Å². The molecule has 0 saturated carbocycles. The highest BCUT2D eigenvalue weighted by molar-refractivity contribution is 6.17. The lowest BCUT2D eigenvalue weighted by Gasteiger charge is -1.87. The van der Waals surface area contributed by atoms with Gasteiger partial charge in [0.15, 0.2) is 6.07 Å². The number of halogens is 1. The van der Waals surface area contributed by atoms with Crippen molar-refractivity contribution in [3.63, 3.8) is 0 Å². The summed E-state index contributed by atoms with van der Waals surface area (Å²) in [6, 6.07) is -0.346. The summed E-state index contributed by atoms with van der Waals surface area (Å²) < 4.78 is 0. The molecule has 0 spiro atoms. The molecule has 0 aromatic heterocycles. The predicted molar refractivity (Wildman–Crippen MR) is 19.9 cm³/mol. The second-order valence-corrected chi connectivity index (χ2v) is 0.743. The molecule has 6 heteroatoms. The molecule has 0 fully saturated rings. The molecule has 0 rings (SSSR count). The summed E-state index contributed by atoms with van der Waals surface area (Å²) in [6.45, 7) is 0. The van der Waals surface area contributed by atoms with Gasteiger partial charge in [-0.05, 0) is 0 Å². The van der Waals surface area contributed by atoms with E-state index in [0.717, 1.165) is 0 Å². The third-order valence-electron chi connectivity index (χ3n) is 0.158. The predicted octanol–water partition coefficient (Wildman–Crippen LogP) is 0.323. The minimum absolute atomic E-state index is 0.346. The maximum atomic E-state index is 9.16. The molecule has 0 aliphatic carbocycles. The normalized spacial score (nSPS) is 8.14. The summed E-state index contributed by atoms with van der Waals surface area (Å²) in [5.41, 5.74) is 0. The van der Waals surface area contributed by atoms with Crippen LogP contribution in [0.3, 0.4) is 0 Å². The van der Waals surface area contributed by atoms with Crippen molar-refractivity contribution in [3.05, 3.63) is 10.1 Å². The lowest BCUT2D eigenvalue weighted by molar-refractivity contribution is -0.849. The van der Waals surface area contributed by atoms with Crippen LogP contribution >= 0.6 is 11.6 Å². The summed E-state index contributed by atoms with van der Waals surface area (Å²) in [7, 11) is 0. The molecule has 0 radical (unpaired) electrons. The zero-order chi connectivity index (χ0) is 5.70. The molecule has 0 aromatic carbocycles. The fourth-order valence-corrected chi connectivity index (χ4v) is 0.103. The summed E-state index contributed by atoms with van der Waals surface area (Å²) in [5, 5.41) is 8.06. The molecule has 0 aliphatic heterocycles. The zero-order valence-electron chi connectivity index (χ0n) is 3.17. The van der Waals surface area contributed by atoms with Crippen molar-refractivity contribution in [2.75, 3.05) is 6.07 Å². The standard InChI is InChI=1S/CH2ClNO4/c2-1-6-7-3(4)5/h1H2. The molecule has 0 atom stereocenters. The monoisotopic (exact) mass is 127 g/mol. The van der Waals surface area contributed by atoms with Crippen LogP contribution in [0.5, 0.6) is 0 Å². The Kier molecular flexibility index (Phi) is 3.35. The SMILES string of the molecule is O=[N+]([O-])OOCCl. The second kappa shape index (κ2) is 3.63. The largest absolute Gasteiger partial charge is 0.322 e. The van der Waals surface area contributed by atoms with Crippen molar-refractivity contribution in [2.24, 2.45) is 0 Å². The van der Waals surface area contributed by atoms with Crippen LogP contribution in [0.25, 0.3) is 0 Å². The van der Waals surface area contributed by atoms with Crippen LogP contribution in [-0.4, -0.2) is 11.2 Å². The van der Waals surface area contributed by atoms with E-state index in [9.17, 15) is 0 Å². The second-order valence-electron chi connectivity index (χ2n) is 0.525. The molecule has 5 nitrogen and oxygen atoms in total. The van der Waals surface area contributed by atoms with Crippen LogP contribution < -0.4 is 0 Å². The molecular formula is CH2ClNO4. The van der Waals surface area contributed by atoms with E-state index in [1.54, 1.807) is 0 Å². The molecule has 7 heavy (non-hydrogen) atoms. The van der Waals surface area contributed by atoms with Gasteiger partial charge in [-0.2, -0.15) is 4.89 Å². The number of alkyl halides is 1. The van der Waals surface area contributed by atoms with Gasteiger partial charge < -0.3 is 0 Å². The van der Waals surface area contributed by atoms with E-state index in [0.29, 0.717) is 0 Å². The fraction of sp³-hybridized carbons (Fsp3) is 1.00. The Morgan fingerprint density at radius 2 is 2.43 bits per heavy atom. The molecule has 0 amide bonds. The number of hydrogen-bond acceptors (Lipinski definition) is 4. The third kappa shape index (κ3) is 5.45. The fourth-order valence-electron chi connectivity index (χ4n) is 0.0630. The van der Waals surface area contributed by atoms with Crippen molar-refractivity contribution < 1.29 is 15.0 Å². The Morgan fingerprint density at radius 3 is 2.57 bits per heavy atom. The number of nitrogens with zero attached hydrogens (tertiary/aromatic N) is 1. The molecule has 0 bridgehead atoms. The van der Waals surface area contributed by atoms with E-state index in [1.165, 1.54) is 0 Å². The van der Waals surface area contributed by atoms with Gasteiger partial charge in [0.1, 0.15) is 0 Å². The van der Waals surface area contributed by atoms with Gasteiger partial charge in [0, 0.05) is 0 Å². The van der Waals surface area contributed by atoms with E-state index >= 15 is 0 Å². The highest BCUT2D eigenvalue weighted by atomic mass is 35.5. The maximum absolute atomic E-state index is 9.16. The van der Waals surface area contributed by atoms with Gasteiger partial charge in [0.25, 0.3) is 0 Å². The van der Waals surface area contributed by atoms with Gasteiger partial charge in [-0.1, -0.05) is 11.6 Å². The third-order valence-corrected chi connectivity index (χ3v) is 0.247. The highest BCUT2D eigenvalue weighted by Crippen LogP contribution is 1.79. The molecule has 0 N–H and O–H groups in total. The Labute approximate surface area is 43.8 Å². The van der Waals surface area contributed by atoms with Gasteiger partial charge in [-0.3, -0.25) is 0 Å². The minimum Gasteiger partial charge on any atom is -0.182 e. The number of hydrogen-bond donors (Lipinski definition) is 0. The van der Waals surface area contributed by atoms with Crippen LogP contribution in [0.2, 0.25) is 0 Å². The lowest BCUT2D eigenvalue weighted by atomic mass is 11.7. The van der Waals surface area contributed by atoms with Crippen molar-refractivity contribution in [1.29, 1.82) is 0 Å². The molecule has 0 saturated heterocycles.